The van der Waals surface area contributed by atoms with Gasteiger partial charge in [-0.05, 0) is 42.0 Å². The van der Waals surface area contributed by atoms with Crippen LogP contribution in [0.1, 0.15) is 15.9 Å². The Morgan fingerprint density at radius 2 is 1.95 bits per heavy atom. The molecule has 2 aromatic carbocycles. The Kier molecular flexibility index (Phi) is 3.17. The second-order valence-electron chi connectivity index (χ2n) is 4.68. The third-order valence-electron chi connectivity index (χ3n) is 3.20. The van der Waals surface area contributed by atoms with Crippen molar-refractivity contribution in [1.29, 1.82) is 0 Å². The number of phenolic OH excluding ortho intramolecular Hbond substituents is 1. The molecule has 0 aliphatic carbocycles. The van der Waals surface area contributed by atoms with Crippen LogP contribution in [0.4, 0.5) is 0 Å². The zero-order chi connectivity index (χ0) is 13.9. The molecule has 0 fully saturated rings. The number of hydrogen-bond acceptors (Lipinski definition) is 3. The first kappa shape index (κ1) is 12.4. The van der Waals surface area contributed by atoms with Crippen LogP contribution in [0, 0.1) is 0 Å². The number of aromatic hydroxyl groups is 1. The average Bonchev–Trinajstić information content (AvgIpc) is 2.47. The van der Waals surface area contributed by atoms with Crippen molar-refractivity contribution in [2.24, 2.45) is 0 Å². The van der Waals surface area contributed by atoms with E-state index in [4.69, 9.17) is 0 Å². The maximum absolute atomic E-state index is 12.3. The number of aromatic nitrogens is 1. The highest BCUT2D eigenvalue weighted by atomic mass is 16.3. The third kappa shape index (κ3) is 2.52. The summed E-state index contributed by atoms with van der Waals surface area (Å²) in [4.78, 5) is 16.5. The lowest BCUT2D eigenvalue weighted by molar-refractivity contribution is 0.0993. The number of hydrogen-bond donors (Lipinski definition) is 1. The first-order valence-electron chi connectivity index (χ1n) is 6.38. The van der Waals surface area contributed by atoms with Crippen LogP contribution < -0.4 is 0 Å². The molecule has 0 radical (unpaired) electrons. The lowest BCUT2D eigenvalue weighted by Gasteiger charge is -2.04. The number of phenols is 1. The third-order valence-corrected chi connectivity index (χ3v) is 3.20. The second-order valence-corrected chi connectivity index (χ2v) is 4.68. The lowest BCUT2D eigenvalue weighted by atomic mass is 10.0. The summed E-state index contributed by atoms with van der Waals surface area (Å²) >= 11 is 0. The topological polar surface area (TPSA) is 50.2 Å². The van der Waals surface area contributed by atoms with Crippen molar-refractivity contribution < 1.29 is 9.90 Å². The van der Waals surface area contributed by atoms with E-state index in [0.717, 1.165) is 16.5 Å². The van der Waals surface area contributed by atoms with E-state index < -0.39 is 0 Å². The van der Waals surface area contributed by atoms with E-state index in [1.54, 1.807) is 30.5 Å². The fraction of sp³-hybridized carbons (Fsp3) is 0.0588. The van der Waals surface area contributed by atoms with Crippen LogP contribution in [0.5, 0.6) is 5.75 Å². The summed E-state index contributed by atoms with van der Waals surface area (Å²) < 4.78 is 0. The molecule has 3 nitrogen and oxygen atoms in total. The Bertz CT molecular complexity index is 781. The normalized spacial score (nSPS) is 10.6. The van der Waals surface area contributed by atoms with Crippen molar-refractivity contribution in [1.82, 2.24) is 4.98 Å². The van der Waals surface area contributed by atoms with Crippen LogP contribution in [0.2, 0.25) is 0 Å². The Balaban J connectivity index is 1.88. The summed E-state index contributed by atoms with van der Waals surface area (Å²) in [7, 11) is 0. The minimum Gasteiger partial charge on any atom is -0.508 e. The number of Topliss-reactive ketones (excluding diaryl/α,β-unsaturated/α-hetero) is 1. The second kappa shape index (κ2) is 5.13. The van der Waals surface area contributed by atoms with Crippen molar-refractivity contribution in [2.45, 2.75) is 6.42 Å². The van der Waals surface area contributed by atoms with E-state index in [1.807, 2.05) is 30.3 Å². The van der Waals surface area contributed by atoms with Crippen molar-refractivity contribution in [3.8, 4) is 5.75 Å². The van der Waals surface area contributed by atoms with E-state index in [9.17, 15) is 9.90 Å². The van der Waals surface area contributed by atoms with Gasteiger partial charge in [-0.25, -0.2) is 0 Å². The summed E-state index contributed by atoms with van der Waals surface area (Å²) in [6, 6.07) is 16.1. The maximum Gasteiger partial charge on any atom is 0.167 e. The van der Waals surface area contributed by atoms with Crippen molar-refractivity contribution >= 4 is 16.7 Å². The summed E-state index contributed by atoms with van der Waals surface area (Å²) in [5.41, 5.74) is 2.34. The first-order valence-corrected chi connectivity index (χ1v) is 6.38. The molecular weight excluding hydrogens is 250 g/mol. The molecule has 1 N–H and O–H groups in total. The molecule has 0 unspecified atom stereocenters. The number of pyridine rings is 1. The molecule has 1 heterocycles. The van der Waals surface area contributed by atoms with Gasteiger partial charge in [0.1, 0.15) is 5.75 Å². The molecule has 0 aliphatic rings. The monoisotopic (exact) mass is 263 g/mol. The highest BCUT2D eigenvalue weighted by Crippen LogP contribution is 2.17. The lowest BCUT2D eigenvalue weighted by Crippen LogP contribution is -2.03. The van der Waals surface area contributed by atoms with Gasteiger partial charge in [0.25, 0.3) is 0 Å². The van der Waals surface area contributed by atoms with E-state index in [0.29, 0.717) is 5.56 Å². The van der Waals surface area contributed by atoms with E-state index in [2.05, 4.69) is 4.98 Å². The highest BCUT2D eigenvalue weighted by Gasteiger charge is 2.08. The predicted octanol–water partition coefficient (Wildman–Crippen LogP) is 3.37. The molecule has 0 saturated heterocycles. The van der Waals surface area contributed by atoms with Crippen molar-refractivity contribution in [3.63, 3.8) is 0 Å². The SMILES string of the molecule is O=C(Cc1cccc(O)c1)c1ccc2ncccc2c1. The van der Waals surface area contributed by atoms with Crippen molar-refractivity contribution in [2.75, 3.05) is 0 Å². The molecule has 0 aliphatic heterocycles. The van der Waals surface area contributed by atoms with Gasteiger partial charge in [0, 0.05) is 23.6 Å². The maximum atomic E-state index is 12.3. The average molecular weight is 263 g/mol. The van der Waals surface area contributed by atoms with Crippen LogP contribution >= 0.6 is 0 Å². The number of carbonyl (C=O) groups is 1. The molecular formula is C17H13NO2. The minimum absolute atomic E-state index is 0.0290. The fourth-order valence-corrected chi connectivity index (χ4v) is 2.20. The zero-order valence-corrected chi connectivity index (χ0v) is 10.8. The van der Waals surface area contributed by atoms with E-state index in [1.165, 1.54) is 0 Å². The number of nitrogens with zero attached hydrogens (tertiary/aromatic N) is 1. The van der Waals surface area contributed by atoms with Crippen molar-refractivity contribution in [3.05, 3.63) is 71.9 Å². The van der Waals surface area contributed by atoms with E-state index >= 15 is 0 Å². The molecule has 0 bridgehead atoms. The molecule has 20 heavy (non-hydrogen) atoms. The van der Waals surface area contributed by atoms with Gasteiger partial charge >= 0.3 is 0 Å². The summed E-state index contributed by atoms with van der Waals surface area (Å²) in [5, 5.41) is 10.4. The van der Waals surface area contributed by atoms with E-state index in [-0.39, 0.29) is 18.0 Å². The number of carbonyl (C=O) groups excluding carboxylic acids is 1. The van der Waals surface area contributed by atoms with Crippen LogP contribution in [-0.2, 0) is 6.42 Å². The van der Waals surface area contributed by atoms with Crippen LogP contribution in [0.25, 0.3) is 10.9 Å². The minimum atomic E-state index is 0.0290. The van der Waals surface area contributed by atoms with Crippen LogP contribution in [-0.4, -0.2) is 15.9 Å². The molecule has 1 aromatic heterocycles. The Hall–Kier alpha value is -2.68. The van der Waals surface area contributed by atoms with Gasteiger partial charge in [0.15, 0.2) is 5.78 Å². The number of fused-ring (bicyclic) bond motifs is 1. The standard InChI is InChI=1S/C17H13NO2/c19-15-5-1-3-12(9-15)10-17(20)14-6-7-16-13(11-14)4-2-8-18-16/h1-9,11,19H,10H2. The Morgan fingerprint density at radius 1 is 1.05 bits per heavy atom. The number of rotatable bonds is 3. The van der Waals surface area contributed by atoms with Gasteiger partial charge in [0.05, 0.1) is 5.52 Å². The van der Waals surface area contributed by atoms with Gasteiger partial charge < -0.3 is 5.11 Å². The summed E-state index contributed by atoms with van der Waals surface area (Å²) in [6.45, 7) is 0. The molecule has 3 heteroatoms. The molecule has 0 spiro atoms. The molecule has 3 rings (SSSR count). The van der Waals surface area contributed by atoms with Crippen LogP contribution in [0.15, 0.2) is 60.8 Å². The largest absolute Gasteiger partial charge is 0.508 e. The summed E-state index contributed by atoms with van der Waals surface area (Å²) in [6.07, 6.45) is 2.01. The van der Waals surface area contributed by atoms with Gasteiger partial charge in [-0.15, -0.1) is 0 Å². The fourth-order valence-electron chi connectivity index (χ4n) is 2.20. The predicted molar refractivity (Wildman–Crippen MR) is 77.9 cm³/mol. The zero-order valence-electron chi connectivity index (χ0n) is 10.8. The smallest absolute Gasteiger partial charge is 0.167 e. The molecule has 0 amide bonds. The molecule has 0 atom stereocenters. The number of ketones is 1. The Labute approximate surface area is 116 Å². The first-order chi connectivity index (χ1) is 9.72. The molecule has 3 aromatic rings. The highest BCUT2D eigenvalue weighted by molar-refractivity contribution is 6.00. The van der Waals surface area contributed by atoms with Gasteiger partial charge in [0.2, 0.25) is 0 Å². The van der Waals surface area contributed by atoms with Gasteiger partial charge in [-0.3, -0.25) is 9.78 Å². The summed E-state index contributed by atoms with van der Waals surface area (Å²) in [5.74, 6) is 0.208. The van der Waals surface area contributed by atoms with Gasteiger partial charge in [-0.2, -0.15) is 0 Å². The number of benzene rings is 2. The quantitative estimate of drug-likeness (QED) is 0.737. The molecule has 0 saturated carbocycles. The molecule has 98 valence electrons. The van der Waals surface area contributed by atoms with Gasteiger partial charge in [-0.1, -0.05) is 18.2 Å². The Morgan fingerprint density at radius 3 is 2.80 bits per heavy atom. The van der Waals surface area contributed by atoms with Crippen LogP contribution in [0.3, 0.4) is 0 Å².